The number of likely N-dealkylation sites (N-methyl/N-ethyl adjacent to an activating group) is 1. The molecule has 3 aliphatic carbocycles. The Labute approximate surface area is 232 Å². The van der Waals surface area contributed by atoms with Gasteiger partial charge in [-0.1, -0.05) is 6.07 Å². The molecule has 214 valence electrons. The van der Waals surface area contributed by atoms with E-state index in [0.717, 1.165) is 12.1 Å². The van der Waals surface area contributed by atoms with Gasteiger partial charge in [-0.25, -0.2) is 9.18 Å². The Kier molecular flexibility index (Phi) is 6.74. The first-order chi connectivity index (χ1) is 19.3. The van der Waals surface area contributed by atoms with Crippen molar-refractivity contribution in [2.45, 2.75) is 24.5 Å². The lowest BCUT2D eigenvalue weighted by Crippen LogP contribution is -2.74. The van der Waals surface area contributed by atoms with Crippen molar-refractivity contribution in [3.8, 4) is 11.5 Å². The maximum atomic E-state index is 13.8. The van der Waals surface area contributed by atoms with E-state index >= 15 is 0 Å². The third-order valence-electron chi connectivity index (χ3n) is 8.19. The number of nitrogens with two attached hydrogens (primary N) is 1. The van der Waals surface area contributed by atoms with Gasteiger partial charge in [0.15, 0.2) is 34.7 Å². The second-order valence-electron chi connectivity index (χ2n) is 10.8. The van der Waals surface area contributed by atoms with Gasteiger partial charge in [0, 0.05) is 5.92 Å². The topological polar surface area (TPSA) is 193 Å². The highest BCUT2D eigenvalue weighted by Gasteiger charge is 2.69. The molecule has 0 saturated heterocycles. The number of hydrogen-bond acceptors (Lipinski definition) is 10. The third kappa shape index (κ3) is 4.28. The number of carbonyl (C=O) groups excluding carboxylic acids is 6. The first-order valence-corrected chi connectivity index (χ1v) is 12.7. The van der Waals surface area contributed by atoms with E-state index in [4.69, 9.17) is 10.5 Å². The van der Waals surface area contributed by atoms with Crippen molar-refractivity contribution in [3.05, 3.63) is 53.3 Å². The number of halogens is 1. The second-order valence-corrected chi connectivity index (χ2v) is 10.8. The lowest BCUT2D eigenvalue weighted by atomic mass is 9.52. The van der Waals surface area contributed by atoms with Crippen LogP contribution in [0.4, 0.5) is 14.9 Å². The van der Waals surface area contributed by atoms with Crippen LogP contribution in [-0.4, -0.2) is 76.0 Å². The summed E-state index contributed by atoms with van der Waals surface area (Å²) >= 11 is 0. The van der Waals surface area contributed by atoms with Gasteiger partial charge in [0.1, 0.15) is 17.3 Å². The average Bonchev–Trinajstić information content (AvgIpc) is 2.89. The van der Waals surface area contributed by atoms with Gasteiger partial charge in [-0.15, -0.1) is 0 Å². The van der Waals surface area contributed by atoms with E-state index in [1.165, 1.54) is 43.3 Å². The van der Waals surface area contributed by atoms with Crippen LogP contribution in [0.1, 0.15) is 22.3 Å². The zero-order chi connectivity index (χ0) is 30.0. The molecule has 5 rings (SSSR count). The number of phenols is 1. The van der Waals surface area contributed by atoms with E-state index in [1.54, 1.807) is 0 Å². The number of ether oxygens (including phenoxy) is 1. The Bertz CT molecular complexity index is 1520. The molecular formula is C28H26FN3O9. The molecule has 2 unspecified atom stereocenters. The highest BCUT2D eigenvalue weighted by Crippen LogP contribution is 2.51. The minimum atomic E-state index is -2.83. The Morgan fingerprint density at radius 3 is 2.34 bits per heavy atom. The van der Waals surface area contributed by atoms with Crippen LogP contribution in [0, 0.1) is 29.5 Å². The molecule has 41 heavy (non-hydrogen) atoms. The number of nitrogens with one attached hydrogen (secondary N) is 1. The summed E-state index contributed by atoms with van der Waals surface area (Å²) in [6.07, 6.45) is -1.04. The first-order valence-electron chi connectivity index (χ1n) is 12.7. The molecule has 12 nitrogen and oxygen atoms in total. The average molecular weight is 568 g/mol. The minimum Gasteiger partial charge on any atom is -0.505 e. The molecule has 0 radical (unpaired) electrons. The van der Waals surface area contributed by atoms with Crippen molar-refractivity contribution in [3.63, 3.8) is 0 Å². The molecule has 0 bridgehead atoms. The summed E-state index contributed by atoms with van der Waals surface area (Å²) in [4.78, 5) is 79.7. The number of aromatic hydroxyl groups is 1. The van der Waals surface area contributed by atoms with Crippen LogP contribution in [0.3, 0.4) is 0 Å². The summed E-state index contributed by atoms with van der Waals surface area (Å²) in [6.45, 7) is 0. The Morgan fingerprint density at radius 1 is 1.07 bits per heavy atom. The lowest BCUT2D eigenvalue weighted by Gasteiger charge is -2.52. The number of primary amides is 1. The van der Waals surface area contributed by atoms with E-state index in [2.05, 4.69) is 5.32 Å². The number of benzene rings is 2. The molecule has 2 aromatic carbocycles. The number of nitrogens with zero attached hydrogens (tertiary/aromatic N) is 1. The number of phenolic OH excluding ortho intramolecular Hbond substituents is 1. The standard InChI is InChI=1S/C28H26FN3O9/c1-32(2)20-15-10-12-9-11-3-8-16(31-27(39)41-14-6-4-13(29)5-7-14)21(33)17(11)22(34)18(12)24(36)28(15,40)25(37)19(23(20)35)26(30)38/h3-8,12,15,18-20,33,40H,9-10H2,1-2H3,(H2,30,38)(H,31,39)/t12-,15-,18?,19?,20-,28-/m1/s1. The zero-order valence-corrected chi connectivity index (χ0v) is 21.9. The van der Waals surface area contributed by atoms with Gasteiger partial charge in [0.2, 0.25) is 5.91 Å². The third-order valence-corrected chi connectivity index (χ3v) is 8.19. The van der Waals surface area contributed by atoms with E-state index in [-0.39, 0.29) is 29.8 Å². The number of ketones is 4. The molecule has 2 fully saturated rings. The minimum absolute atomic E-state index is 0.0109. The lowest BCUT2D eigenvalue weighted by molar-refractivity contribution is -0.181. The fraction of sp³-hybridized carbons (Fsp3) is 0.357. The number of amides is 2. The van der Waals surface area contributed by atoms with Crippen LogP contribution < -0.4 is 15.8 Å². The van der Waals surface area contributed by atoms with E-state index in [9.17, 15) is 43.4 Å². The molecule has 0 aliphatic heterocycles. The molecule has 13 heteroatoms. The maximum Gasteiger partial charge on any atom is 0.417 e. The zero-order valence-electron chi connectivity index (χ0n) is 21.9. The second kappa shape index (κ2) is 9.85. The monoisotopic (exact) mass is 567 g/mol. The summed E-state index contributed by atoms with van der Waals surface area (Å²) < 4.78 is 18.2. The molecule has 5 N–H and O–H groups in total. The van der Waals surface area contributed by atoms with Gasteiger partial charge in [-0.2, -0.15) is 0 Å². The van der Waals surface area contributed by atoms with Crippen molar-refractivity contribution in [1.82, 2.24) is 4.90 Å². The number of anilines is 1. The summed E-state index contributed by atoms with van der Waals surface area (Å²) in [5, 5.41) is 24.8. The molecule has 0 heterocycles. The molecule has 0 spiro atoms. The number of Topliss-reactive ketones (excluding diaryl/α,β-unsaturated/α-hetero) is 4. The van der Waals surface area contributed by atoms with Crippen molar-refractivity contribution >= 4 is 40.8 Å². The molecule has 2 aromatic rings. The summed E-state index contributed by atoms with van der Waals surface area (Å²) in [5.41, 5.74) is 2.33. The fourth-order valence-electron chi connectivity index (χ4n) is 6.43. The number of fused-ring (bicyclic) bond motifs is 3. The normalized spacial score (nSPS) is 29.0. The SMILES string of the molecule is CN(C)[C@H]1C(=O)C(C(N)=O)C(=O)[C@]2(O)C(=O)C3C(=O)c4c(ccc(NC(=O)Oc5ccc(F)cc5)c4O)C[C@@H]3C[C@H]12. The molecule has 2 saturated carbocycles. The number of rotatable bonds is 4. The largest absolute Gasteiger partial charge is 0.505 e. The highest BCUT2D eigenvalue weighted by atomic mass is 19.1. The summed E-state index contributed by atoms with van der Waals surface area (Å²) in [7, 11) is 3.00. The fourth-order valence-corrected chi connectivity index (χ4v) is 6.43. The quantitative estimate of drug-likeness (QED) is 0.301. The van der Waals surface area contributed by atoms with Crippen molar-refractivity contribution in [2.24, 2.45) is 29.4 Å². The van der Waals surface area contributed by atoms with Gasteiger partial charge in [-0.3, -0.25) is 34.2 Å². The van der Waals surface area contributed by atoms with Crippen LogP contribution in [-0.2, 0) is 25.6 Å². The van der Waals surface area contributed by atoms with Crippen LogP contribution >= 0.6 is 0 Å². The van der Waals surface area contributed by atoms with E-state index in [0.29, 0.717) is 5.56 Å². The molecule has 3 aliphatic rings. The summed E-state index contributed by atoms with van der Waals surface area (Å²) in [5.74, 6) is -12.3. The number of carbonyl (C=O) groups is 6. The predicted octanol–water partition coefficient (Wildman–Crippen LogP) is 0.617. The highest BCUT2D eigenvalue weighted by molar-refractivity contribution is 6.32. The predicted molar refractivity (Wildman–Crippen MR) is 137 cm³/mol. The Morgan fingerprint density at radius 2 is 1.73 bits per heavy atom. The van der Waals surface area contributed by atoms with Crippen molar-refractivity contribution < 1.29 is 48.1 Å². The summed E-state index contributed by atoms with van der Waals surface area (Å²) in [6, 6.07) is 6.20. The van der Waals surface area contributed by atoms with E-state index < -0.39 is 82.0 Å². The smallest absolute Gasteiger partial charge is 0.417 e. The van der Waals surface area contributed by atoms with Gasteiger partial charge in [0.05, 0.1) is 23.2 Å². The van der Waals surface area contributed by atoms with Crippen LogP contribution in [0.2, 0.25) is 0 Å². The first kappa shape index (κ1) is 28.1. The number of aliphatic hydroxyl groups is 1. The van der Waals surface area contributed by atoms with Crippen LogP contribution in [0.5, 0.6) is 11.5 Å². The number of hydrogen-bond donors (Lipinski definition) is 4. The van der Waals surface area contributed by atoms with Crippen molar-refractivity contribution in [2.75, 3.05) is 19.4 Å². The maximum absolute atomic E-state index is 13.8. The molecule has 2 amide bonds. The van der Waals surface area contributed by atoms with Gasteiger partial charge >= 0.3 is 6.09 Å². The Hall–Kier alpha value is -4.49. The van der Waals surface area contributed by atoms with Gasteiger partial charge in [-0.05, 0) is 68.8 Å². The Balaban J connectivity index is 1.48. The molecular weight excluding hydrogens is 541 g/mol. The van der Waals surface area contributed by atoms with Crippen LogP contribution in [0.15, 0.2) is 36.4 Å². The van der Waals surface area contributed by atoms with Crippen molar-refractivity contribution in [1.29, 1.82) is 0 Å². The molecule has 0 aromatic heterocycles. The van der Waals surface area contributed by atoms with Gasteiger partial charge in [0.25, 0.3) is 0 Å². The molecule has 6 atom stereocenters. The van der Waals surface area contributed by atoms with Crippen LogP contribution in [0.25, 0.3) is 0 Å². The van der Waals surface area contributed by atoms with E-state index in [1.807, 2.05) is 0 Å². The van der Waals surface area contributed by atoms with Gasteiger partial charge < -0.3 is 20.7 Å².